The van der Waals surface area contributed by atoms with Gasteiger partial charge in [-0.1, -0.05) is 23.9 Å². The van der Waals surface area contributed by atoms with Crippen LogP contribution in [0.15, 0.2) is 72.1 Å². The Morgan fingerprint density at radius 3 is 2.74 bits per heavy atom. The van der Waals surface area contributed by atoms with Crippen LogP contribution in [0, 0.1) is 12.7 Å². The molecule has 0 spiro atoms. The summed E-state index contributed by atoms with van der Waals surface area (Å²) in [5.74, 6) is -0.197. The Kier molecular flexibility index (Phi) is 4.87. The first kappa shape index (κ1) is 19.3. The number of hydrogen-bond acceptors (Lipinski definition) is 5. The average Bonchev–Trinajstić information content (AvgIpc) is 3.36. The van der Waals surface area contributed by atoms with E-state index in [4.69, 9.17) is 0 Å². The van der Waals surface area contributed by atoms with Crippen molar-refractivity contribution in [2.24, 2.45) is 0 Å². The third kappa shape index (κ3) is 3.87. The first-order chi connectivity index (χ1) is 15.1. The van der Waals surface area contributed by atoms with Crippen LogP contribution in [0.25, 0.3) is 22.4 Å². The van der Waals surface area contributed by atoms with Gasteiger partial charge in [-0.3, -0.25) is 9.20 Å². The number of carbonyl (C=O) groups excluding carboxylic acids is 1. The zero-order valence-electron chi connectivity index (χ0n) is 16.5. The van der Waals surface area contributed by atoms with Crippen molar-refractivity contribution in [1.29, 1.82) is 0 Å². The molecule has 5 aromatic rings. The molecule has 0 aliphatic carbocycles. The van der Waals surface area contributed by atoms with Crippen molar-refractivity contribution < 1.29 is 9.18 Å². The molecule has 1 N–H and O–H groups in total. The van der Waals surface area contributed by atoms with Gasteiger partial charge in [0, 0.05) is 23.6 Å². The Hall–Kier alpha value is -3.72. The van der Waals surface area contributed by atoms with E-state index in [2.05, 4.69) is 20.6 Å². The highest BCUT2D eigenvalue weighted by molar-refractivity contribution is 7.99. The number of anilines is 1. The van der Waals surface area contributed by atoms with Crippen LogP contribution in [0.5, 0.6) is 0 Å². The van der Waals surface area contributed by atoms with Gasteiger partial charge in [0.25, 0.3) is 0 Å². The summed E-state index contributed by atoms with van der Waals surface area (Å²) in [5.41, 5.74) is 4.77. The molecule has 0 aliphatic rings. The molecule has 1 amide bonds. The number of fused-ring (bicyclic) bond motifs is 3. The summed E-state index contributed by atoms with van der Waals surface area (Å²) in [5, 5.41) is 16.6. The van der Waals surface area contributed by atoms with Crippen LogP contribution in [0.1, 0.15) is 5.56 Å². The van der Waals surface area contributed by atoms with Crippen LogP contribution < -0.4 is 5.32 Å². The average molecular weight is 432 g/mol. The minimum atomic E-state index is -0.291. The molecule has 9 heteroatoms. The number of amides is 1. The lowest BCUT2D eigenvalue weighted by Gasteiger charge is -2.05. The molecule has 0 saturated carbocycles. The van der Waals surface area contributed by atoms with E-state index in [9.17, 15) is 9.18 Å². The van der Waals surface area contributed by atoms with Crippen molar-refractivity contribution in [3.05, 3.63) is 78.4 Å². The molecule has 154 valence electrons. The summed E-state index contributed by atoms with van der Waals surface area (Å²) in [6, 6.07) is 15.7. The Balaban J connectivity index is 1.37. The molecule has 0 saturated heterocycles. The highest BCUT2D eigenvalue weighted by atomic mass is 32.2. The van der Waals surface area contributed by atoms with E-state index in [1.807, 2.05) is 47.9 Å². The molecule has 3 aromatic heterocycles. The fourth-order valence-corrected chi connectivity index (χ4v) is 4.02. The second-order valence-corrected chi connectivity index (χ2v) is 7.99. The SMILES string of the molecule is Cc1cccc(NC(=O)CSc2nnc3c4cc(-c5ccc(F)cc5)nn4ccn23)c1. The molecular formula is C22H17FN6OS. The second-order valence-electron chi connectivity index (χ2n) is 7.05. The molecule has 7 nitrogen and oxygen atoms in total. The van der Waals surface area contributed by atoms with Gasteiger partial charge in [0.2, 0.25) is 5.91 Å². The van der Waals surface area contributed by atoms with Gasteiger partial charge >= 0.3 is 0 Å². The summed E-state index contributed by atoms with van der Waals surface area (Å²) < 4.78 is 16.7. The standard InChI is InChI=1S/C22H17FN6OS/c1-14-3-2-4-17(11-14)24-20(30)13-31-22-26-25-21-19-12-18(15-5-7-16(23)8-6-15)27-29(19)10-9-28(21)22/h2-12H,13H2,1H3,(H,24,30). The van der Waals surface area contributed by atoms with Crippen molar-refractivity contribution >= 4 is 34.5 Å². The third-order valence-electron chi connectivity index (χ3n) is 4.76. The number of nitrogens with one attached hydrogen (secondary N) is 1. The fourth-order valence-electron chi connectivity index (χ4n) is 3.30. The van der Waals surface area contributed by atoms with Crippen molar-refractivity contribution in [2.75, 3.05) is 11.1 Å². The summed E-state index contributed by atoms with van der Waals surface area (Å²) >= 11 is 1.31. The molecule has 0 fully saturated rings. The van der Waals surface area contributed by atoms with Gasteiger partial charge in [0.15, 0.2) is 10.8 Å². The summed E-state index contributed by atoms with van der Waals surface area (Å²) in [6.45, 7) is 1.98. The number of rotatable bonds is 5. The van der Waals surface area contributed by atoms with Gasteiger partial charge in [-0.2, -0.15) is 5.10 Å². The van der Waals surface area contributed by atoms with Crippen molar-refractivity contribution in [3.63, 3.8) is 0 Å². The smallest absolute Gasteiger partial charge is 0.234 e. The molecular weight excluding hydrogens is 415 g/mol. The zero-order chi connectivity index (χ0) is 21.4. The number of benzene rings is 2. The number of hydrogen-bond donors (Lipinski definition) is 1. The van der Waals surface area contributed by atoms with E-state index in [1.54, 1.807) is 22.8 Å². The molecule has 0 bridgehead atoms. The number of thioether (sulfide) groups is 1. The van der Waals surface area contributed by atoms with Crippen LogP contribution in [-0.4, -0.2) is 35.9 Å². The molecule has 0 unspecified atom stereocenters. The van der Waals surface area contributed by atoms with Crippen molar-refractivity contribution in [1.82, 2.24) is 24.2 Å². The van der Waals surface area contributed by atoms with E-state index >= 15 is 0 Å². The van der Waals surface area contributed by atoms with E-state index in [1.165, 1.54) is 23.9 Å². The van der Waals surface area contributed by atoms with Gasteiger partial charge in [-0.15, -0.1) is 10.2 Å². The van der Waals surface area contributed by atoms with E-state index < -0.39 is 0 Å². The first-order valence-electron chi connectivity index (χ1n) is 9.55. The molecule has 0 aliphatic heterocycles. The summed E-state index contributed by atoms with van der Waals surface area (Å²) in [7, 11) is 0. The van der Waals surface area contributed by atoms with Crippen LogP contribution in [0.3, 0.4) is 0 Å². The number of halogens is 1. The molecule has 3 heterocycles. The second kappa shape index (κ2) is 7.84. The number of aryl methyl sites for hydroxylation is 1. The van der Waals surface area contributed by atoms with Crippen molar-refractivity contribution in [2.45, 2.75) is 12.1 Å². The van der Waals surface area contributed by atoms with Crippen LogP contribution in [-0.2, 0) is 4.79 Å². The molecule has 0 atom stereocenters. The van der Waals surface area contributed by atoms with Crippen LogP contribution >= 0.6 is 11.8 Å². The minimum Gasteiger partial charge on any atom is -0.325 e. The van der Waals surface area contributed by atoms with Gasteiger partial charge in [-0.25, -0.2) is 8.91 Å². The Labute approximate surface area is 180 Å². The predicted molar refractivity (Wildman–Crippen MR) is 118 cm³/mol. The highest BCUT2D eigenvalue weighted by Gasteiger charge is 2.14. The summed E-state index contributed by atoms with van der Waals surface area (Å²) in [6.07, 6.45) is 3.61. The Morgan fingerprint density at radius 2 is 1.94 bits per heavy atom. The molecule has 5 rings (SSSR count). The van der Waals surface area contributed by atoms with E-state index in [0.29, 0.717) is 16.5 Å². The molecule has 0 radical (unpaired) electrons. The lowest BCUT2D eigenvalue weighted by Crippen LogP contribution is -2.14. The number of aromatic nitrogens is 5. The van der Waals surface area contributed by atoms with Crippen LogP contribution in [0.2, 0.25) is 0 Å². The first-order valence-corrected chi connectivity index (χ1v) is 10.5. The highest BCUT2D eigenvalue weighted by Crippen LogP contribution is 2.24. The number of nitrogens with zero attached hydrogens (tertiary/aromatic N) is 5. The van der Waals surface area contributed by atoms with E-state index in [-0.39, 0.29) is 17.5 Å². The quantitative estimate of drug-likeness (QED) is 0.421. The lowest BCUT2D eigenvalue weighted by molar-refractivity contribution is -0.113. The zero-order valence-corrected chi connectivity index (χ0v) is 17.3. The Morgan fingerprint density at radius 1 is 1.10 bits per heavy atom. The van der Waals surface area contributed by atoms with Gasteiger partial charge in [0.1, 0.15) is 11.3 Å². The topological polar surface area (TPSA) is 76.6 Å². The van der Waals surface area contributed by atoms with Crippen molar-refractivity contribution in [3.8, 4) is 11.3 Å². The maximum absolute atomic E-state index is 13.2. The maximum atomic E-state index is 13.2. The fraction of sp³-hybridized carbons (Fsp3) is 0.0909. The minimum absolute atomic E-state index is 0.114. The monoisotopic (exact) mass is 432 g/mol. The molecule has 2 aromatic carbocycles. The van der Waals surface area contributed by atoms with Gasteiger partial charge in [-0.05, 0) is 55.0 Å². The third-order valence-corrected chi connectivity index (χ3v) is 5.70. The largest absolute Gasteiger partial charge is 0.325 e. The number of carbonyl (C=O) groups is 1. The lowest BCUT2D eigenvalue weighted by atomic mass is 10.1. The van der Waals surface area contributed by atoms with E-state index in [0.717, 1.165) is 22.3 Å². The van der Waals surface area contributed by atoms with Gasteiger partial charge < -0.3 is 5.32 Å². The van der Waals surface area contributed by atoms with Gasteiger partial charge in [0.05, 0.1) is 11.4 Å². The predicted octanol–water partition coefficient (Wildman–Crippen LogP) is 4.22. The normalized spacial score (nSPS) is 11.3. The maximum Gasteiger partial charge on any atom is 0.234 e. The summed E-state index contributed by atoms with van der Waals surface area (Å²) in [4.78, 5) is 12.3. The Bertz CT molecular complexity index is 1410. The molecule has 31 heavy (non-hydrogen) atoms. The van der Waals surface area contributed by atoms with Crippen LogP contribution in [0.4, 0.5) is 10.1 Å².